The van der Waals surface area contributed by atoms with Crippen LogP contribution in [0.2, 0.25) is 0 Å². The zero-order chi connectivity index (χ0) is 18.6. The van der Waals surface area contributed by atoms with E-state index in [1.807, 2.05) is 48.0 Å². The van der Waals surface area contributed by atoms with Crippen LogP contribution in [0.1, 0.15) is 5.69 Å². The van der Waals surface area contributed by atoms with Gasteiger partial charge in [0.05, 0.1) is 12.8 Å². The second kappa shape index (κ2) is 7.89. The van der Waals surface area contributed by atoms with Gasteiger partial charge in [0, 0.05) is 41.7 Å². The average Bonchev–Trinajstić information content (AvgIpc) is 3.34. The van der Waals surface area contributed by atoms with Crippen molar-refractivity contribution in [2.45, 2.75) is 10.9 Å². The van der Waals surface area contributed by atoms with Crippen LogP contribution in [0.25, 0.3) is 22.0 Å². The number of hydrogen-bond donors (Lipinski definition) is 0. The maximum absolute atomic E-state index is 5.20. The lowest BCUT2D eigenvalue weighted by Gasteiger charge is -2.02. The summed E-state index contributed by atoms with van der Waals surface area (Å²) in [6.45, 7) is 0. The summed E-state index contributed by atoms with van der Waals surface area (Å²) in [7, 11) is 3.63. The molecule has 0 aliphatic rings. The summed E-state index contributed by atoms with van der Waals surface area (Å²) in [5.74, 6) is 2.40. The van der Waals surface area contributed by atoms with Gasteiger partial charge in [-0.05, 0) is 36.4 Å². The van der Waals surface area contributed by atoms with Crippen molar-refractivity contribution >= 4 is 23.1 Å². The van der Waals surface area contributed by atoms with Crippen molar-refractivity contribution in [1.82, 2.24) is 24.7 Å². The molecule has 0 atom stereocenters. The highest BCUT2D eigenvalue weighted by molar-refractivity contribution is 7.98. The molecule has 0 aliphatic heterocycles. The van der Waals surface area contributed by atoms with Gasteiger partial charge in [0.2, 0.25) is 0 Å². The molecule has 27 heavy (non-hydrogen) atoms. The summed E-state index contributed by atoms with van der Waals surface area (Å²) >= 11 is 3.26. The van der Waals surface area contributed by atoms with Crippen molar-refractivity contribution < 1.29 is 4.74 Å². The predicted molar refractivity (Wildman–Crippen MR) is 108 cm³/mol. The number of methoxy groups -OCH3 is 1. The van der Waals surface area contributed by atoms with E-state index in [9.17, 15) is 0 Å². The molecule has 0 unspecified atom stereocenters. The van der Waals surface area contributed by atoms with Gasteiger partial charge in [0.25, 0.3) is 0 Å². The summed E-state index contributed by atoms with van der Waals surface area (Å²) < 4.78 is 7.19. The molecule has 3 aromatic heterocycles. The molecule has 0 spiro atoms. The van der Waals surface area contributed by atoms with E-state index in [0.717, 1.165) is 44.3 Å². The molecule has 0 fully saturated rings. The van der Waals surface area contributed by atoms with E-state index in [-0.39, 0.29) is 0 Å². The zero-order valence-electron chi connectivity index (χ0n) is 14.9. The minimum absolute atomic E-state index is 0.742. The Morgan fingerprint density at radius 2 is 1.96 bits per heavy atom. The van der Waals surface area contributed by atoms with Crippen LogP contribution in [0.5, 0.6) is 5.75 Å². The fraction of sp³-hybridized carbons (Fsp3) is 0.158. The minimum Gasteiger partial charge on any atom is -0.497 e. The lowest BCUT2D eigenvalue weighted by atomic mass is 10.2. The molecule has 8 heteroatoms. The molecular formula is C19H17N5OS2. The van der Waals surface area contributed by atoms with Crippen molar-refractivity contribution in [1.29, 1.82) is 0 Å². The first-order chi connectivity index (χ1) is 13.2. The van der Waals surface area contributed by atoms with Gasteiger partial charge in [-0.25, -0.2) is 4.98 Å². The molecule has 0 saturated carbocycles. The third-order valence-electron chi connectivity index (χ3n) is 3.99. The summed E-state index contributed by atoms with van der Waals surface area (Å²) in [6.07, 6.45) is 3.54. The highest BCUT2D eigenvalue weighted by atomic mass is 32.2. The molecule has 3 heterocycles. The maximum atomic E-state index is 5.20. The third-order valence-corrected chi connectivity index (χ3v) is 5.99. The molecule has 4 rings (SSSR count). The van der Waals surface area contributed by atoms with Gasteiger partial charge in [-0.3, -0.25) is 4.98 Å². The van der Waals surface area contributed by atoms with Gasteiger partial charge in [-0.2, -0.15) is 0 Å². The molecule has 0 bridgehead atoms. The van der Waals surface area contributed by atoms with E-state index < -0.39 is 0 Å². The molecule has 0 saturated heterocycles. The van der Waals surface area contributed by atoms with Gasteiger partial charge in [-0.1, -0.05) is 11.8 Å². The van der Waals surface area contributed by atoms with Crippen LogP contribution in [0.3, 0.4) is 0 Å². The average molecular weight is 396 g/mol. The van der Waals surface area contributed by atoms with Gasteiger partial charge in [-0.15, -0.1) is 21.5 Å². The topological polar surface area (TPSA) is 65.7 Å². The number of benzene rings is 1. The first-order valence-electron chi connectivity index (χ1n) is 8.26. The van der Waals surface area contributed by atoms with Crippen molar-refractivity contribution in [3.8, 4) is 27.7 Å². The van der Waals surface area contributed by atoms with Crippen LogP contribution in [-0.2, 0) is 12.8 Å². The van der Waals surface area contributed by atoms with Crippen LogP contribution in [0.15, 0.2) is 59.3 Å². The lowest BCUT2D eigenvalue weighted by molar-refractivity contribution is 0.415. The minimum atomic E-state index is 0.742. The Morgan fingerprint density at radius 1 is 1.11 bits per heavy atom. The van der Waals surface area contributed by atoms with E-state index in [0.29, 0.717) is 0 Å². The van der Waals surface area contributed by atoms with Crippen LogP contribution in [-0.4, -0.2) is 31.8 Å². The Hall–Kier alpha value is -2.71. The SMILES string of the molecule is COc1ccc(-c2nc(CSc3nnc(-c4cccnc4)n3C)cs2)cc1. The van der Waals surface area contributed by atoms with Crippen LogP contribution >= 0.6 is 23.1 Å². The number of hydrogen-bond acceptors (Lipinski definition) is 7. The standard InChI is InChI=1S/C19H17N5OS2/c1-24-17(14-4-3-9-20-10-14)22-23-19(24)27-12-15-11-26-18(21-15)13-5-7-16(25-2)8-6-13/h3-11H,12H2,1-2H3. The van der Waals surface area contributed by atoms with E-state index in [4.69, 9.17) is 9.72 Å². The van der Waals surface area contributed by atoms with E-state index in [1.54, 1.807) is 42.6 Å². The Balaban J connectivity index is 1.45. The molecule has 6 nitrogen and oxygen atoms in total. The first kappa shape index (κ1) is 17.7. The van der Waals surface area contributed by atoms with Gasteiger partial charge >= 0.3 is 0 Å². The molecule has 0 N–H and O–H groups in total. The van der Waals surface area contributed by atoms with Crippen molar-refractivity contribution in [2.24, 2.45) is 7.05 Å². The smallest absolute Gasteiger partial charge is 0.191 e. The summed E-state index contributed by atoms with van der Waals surface area (Å²) in [4.78, 5) is 8.88. The first-order valence-corrected chi connectivity index (χ1v) is 10.1. The zero-order valence-corrected chi connectivity index (χ0v) is 16.5. The monoisotopic (exact) mass is 395 g/mol. The second-order valence-corrected chi connectivity index (χ2v) is 7.57. The quantitative estimate of drug-likeness (QED) is 0.454. The largest absolute Gasteiger partial charge is 0.497 e. The normalized spacial score (nSPS) is 10.9. The fourth-order valence-corrected chi connectivity index (χ4v) is 4.30. The summed E-state index contributed by atoms with van der Waals surface area (Å²) in [6, 6.07) is 11.8. The predicted octanol–water partition coefficient (Wildman–Crippen LogP) is 4.30. The number of thioether (sulfide) groups is 1. The number of pyridine rings is 1. The number of ether oxygens (including phenoxy) is 1. The van der Waals surface area contributed by atoms with Gasteiger partial charge in [0.1, 0.15) is 10.8 Å². The molecule has 136 valence electrons. The Kier molecular flexibility index (Phi) is 5.17. The number of aromatic nitrogens is 5. The van der Waals surface area contributed by atoms with Crippen LogP contribution in [0.4, 0.5) is 0 Å². The van der Waals surface area contributed by atoms with Crippen LogP contribution < -0.4 is 4.74 Å². The summed E-state index contributed by atoms with van der Waals surface area (Å²) in [5, 5.41) is 12.5. The summed E-state index contributed by atoms with van der Waals surface area (Å²) in [5.41, 5.74) is 3.08. The lowest BCUT2D eigenvalue weighted by Crippen LogP contribution is -1.95. The van der Waals surface area contributed by atoms with Crippen LogP contribution in [0, 0.1) is 0 Å². The highest BCUT2D eigenvalue weighted by Gasteiger charge is 2.12. The molecule has 0 radical (unpaired) electrons. The van der Waals surface area contributed by atoms with Crippen molar-refractivity contribution in [3.05, 3.63) is 59.9 Å². The maximum Gasteiger partial charge on any atom is 0.191 e. The molecule has 0 amide bonds. The molecule has 1 aromatic carbocycles. The Morgan fingerprint density at radius 3 is 2.70 bits per heavy atom. The number of thiazole rings is 1. The molecular weight excluding hydrogens is 378 g/mol. The van der Waals surface area contributed by atoms with Crippen molar-refractivity contribution in [2.75, 3.05) is 7.11 Å². The second-order valence-electron chi connectivity index (χ2n) is 5.77. The Labute approximate surface area is 165 Å². The van der Waals surface area contributed by atoms with Crippen molar-refractivity contribution in [3.63, 3.8) is 0 Å². The number of rotatable bonds is 6. The Bertz CT molecular complexity index is 1030. The van der Waals surface area contributed by atoms with E-state index >= 15 is 0 Å². The van der Waals surface area contributed by atoms with Gasteiger partial charge < -0.3 is 9.30 Å². The fourth-order valence-electron chi connectivity index (χ4n) is 2.56. The van der Waals surface area contributed by atoms with E-state index in [1.165, 1.54) is 0 Å². The third kappa shape index (κ3) is 3.86. The highest BCUT2D eigenvalue weighted by Crippen LogP contribution is 2.29. The molecule has 0 aliphatic carbocycles. The molecule has 4 aromatic rings. The number of nitrogens with zero attached hydrogens (tertiary/aromatic N) is 5. The van der Waals surface area contributed by atoms with E-state index in [2.05, 4.69) is 20.6 Å². The van der Waals surface area contributed by atoms with Gasteiger partial charge in [0.15, 0.2) is 11.0 Å².